The molecule has 0 nitrogen and oxygen atoms in total. The Hall–Kier alpha value is 0.430. The lowest BCUT2D eigenvalue weighted by molar-refractivity contribution is 0.511. The van der Waals surface area contributed by atoms with Gasteiger partial charge in [0.15, 0.2) is 0 Å². The van der Waals surface area contributed by atoms with Crippen LogP contribution in [0.1, 0.15) is 45.4 Å². The van der Waals surface area contributed by atoms with Crippen molar-refractivity contribution >= 4 is 7.92 Å². The summed E-state index contributed by atoms with van der Waals surface area (Å²) in [5.74, 6) is 0. The van der Waals surface area contributed by atoms with E-state index in [-0.39, 0.29) is 0 Å². The van der Waals surface area contributed by atoms with Gasteiger partial charge in [0.25, 0.3) is 0 Å². The summed E-state index contributed by atoms with van der Waals surface area (Å²) >= 11 is 0. The van der Waals surface area contributed by atoms with Crippen molar-refractivity contribution in [3.63, 3.8) is 0 Å². The topological polar surface area (TPSA) is 0 Å². The highest BCUT2D eigenvalue weighted by Gasteiger charge is 2.18. The fourth-order valence-electron chi connectivity index (χ4n) is 2.06. The first kappa shape index (κ1) is 9.52. The number of hydrogen-bond donors (Lipinski definition) is 0. The van der Waals surface area contributed by atoms with Crippen LogP contribution in [0.15, 0.2) is 0 Å². The Morgan fingerprint density at radius 3 is 2.36 bits per heavy atom. The quantitative estimate of drug-likeness (QED) is 0.567. The van der Waals surface area contributed by atoms with Crippen LogP contribution in [0, 0.1) is 0 Å². The minimum atomic E-state index is 0.401. The molecule has 1 fully saturated rings. The summed E-state index contributed by atoms with van der Waals surface area (Å²) in [6.07, 6.45) is 10.5. The second-order valence-corrected chi connectivity index (χ2v) is 6.46. The average molecular weight is 172 g/mol. The molecule has 0 saturated heterocycles. The van der Waals surface area contributed by atoms with Crippen LogP contribution in [0.2, 0.25) is 0 Å². The van der Waals surface area contributed by atoms with E-state index < -0.39 is 0 Å². The van der Waals surface area contributed by atoms with E-state index in [1.54, 1.807) is 12.8 Å². The van der Waals surface area contributed by atoms with Crippen molar-refractivity contribution in [3.8, 4) is 0 Å². The lowest BCUT2D eigenvalue weighted by Gasteiger charge is -2.27. The van der Waals surface area contributed by atoms with Crippen LogP contribution in [-0.2, 0) is 0 Å². The Bertz CT molecular complexity index is 95.0. The van der Waals surface area contributed by atoms with Gasteiger partial charge >= 0.3 is 0 Å². The van der Waals surface area contributed by atoms with Crippen LogP contribution in [0.4, 0.5) is 0 Å². The lowest BCUT2D eigenvalue weighted by atomic mass is 10.0. The third-order valence-corrected chi connectivity index (χ3v) is 5.69. The summed E-state index contributed by atoms with van der Waals surface area (Å²) in [7, 11) is 0.401. The van der Waals surface area contributed by atoms with Crippen molar-refractivity contribution in [2.75, 3.05) is 12.8 Å². The first-order valence-corrected chi connectivity index (χ1v) is 7.09. The zero-order valence-electron chi connectivity index (χ0n) is 7.97. The predicted octanol–water partition coefficient (Wildman–Crippen LogP) is 3.84. The molecule has 1 aliphatic carbocycles. The molecule has 0 aromatic carbocycles. The maximum atomic E-state index is 2.51. The second-order valence-electron chi connectivity index (χ2n) is 3.77. The molecule has 1 unspecified atom stereocenters. The van der Waals surface area contributed by atoms with Crippen molar-refractivity contribution in [3.05, 3.63) is 0 Å². The SMILES string of the molecule is CCCP(C)C1CCCCC1. The average Bonchev–Trinajstić information content (AvgIpc) is 2.07. The highest BCUT2D eigenvalue weighted by Crippen LogP contribution is 2.44. The van der Waals surface area contributed by atoms with E-state index in [0.29, 0.717) is 7.92 Å². The van der Waals surface area contributed by atoms with Crippen molar-refractivity contribution in [1.29, 1.82) is 0 Å². The standard InChI is InChI=1S/C10H21P/c1-3-9-11(2)10-7-5-4-6-8-10/h10H,3-9H2,1-2H3. The van der Waals surface area contributed by atoms with Gasteiger partial charge in [0.2, 0.25) is 0 Å². The van der Waals surface area contributed by atoms with Crippen LogP contribution in [0.25, 0.3) is 0 Å². The van der Waals surface area contributed by atoms with Gasteiger partial charge in [-0.25, -0.2) is 0 Å². The fraction of sp³-hybridized carbons (Fsp3) is 1.00. The normalized spacial score (nSPS) is 23.5. The first-order chi connectivity index (χ1) is 5.34. The van der Waals surface area contributed by atoms with Crippen LogP contribution in [-0.4, -0.2) is 18.5 Å². The van der Waals surface area contributed by atoms with Gasteiger partial charge in [-0.3, -0.25) is 0 Å². The van der Waals surface area contributed by atoms with Crippen LogP contribution >= 0.6 is 7.92 Å². The minimum Gasteiger partial charge on any atom is -0.107 e. The van der Waals surface area contributed by atoms with Crippen molar-refractivity contribution in [1.82, 2.24) is 0 Å². The first-order valence-electron chi connectivity index (χ1n) is 5.05. The molecule has 1 rings (SSSR count). The second kappa shape index (κ2) is 5.14. The number of hydrogen-bond acceptors (Lipinski definition) is 0. The van der Waals surface area contributed by atoms with Crippen molar-refractivity contribution < 1.29 is 0 Å². The molecule has 0 heterocycles. The zero-order valence-corrected chi connectivity index (χ0v) is 8.87. The zero-order chi connectivity index (χ0) is 8.10. The van der Waals surface area contributed by atoms with E-state index >= 15 is 0 Å². The van der Waals surface area contributed by atoms with Gasteiger partial charge in [-0.15, -0.1) is 7.92 Å². The maximum Gasteiger partial charge on any atom is -0.0212 e. The molecule has 0 bridgehead atoms. The molecule has 1 heteroatoms. The maximum absolute atomic E-state index is 2.51. The van der Waals surface area contributed by atoms with Crippen LogP contribution in [0.5, 0.6) is 0 Å². The smallest absolute Gasteiger partial charge is 0.0212 e. The van der Waals surface area contributed by atoms with Crippen LogP contribution < -0.4 is 0 Å². The van der Waals surface area contributed by atoms with E-state index in [0.717, 1.165) is 5.66 Å². The number of rotatable bonds is 3. The fourth-order valence-corrected chi connectivity index (χ4v) is 4.37. The summed E-state index contributed by atoms with van der Waals surface area (Å²) in [5.41, 5.74) is 1.14. The Morgan fingerprint density at radius 2 is 1.82 bits per heavy atom. The molecule has 0 spiro atoms. The van der Waals surface area contributed by atoms with Gasteiger partial charge in [0.05, 0.1) is 0 Å². The Balaban J connectivity index is 2.21. The minimum absolute atomic E-state index is 0.401. The van der Waals surface area contributed by atoms with E-state index in [1.807, 2.05) is 0 Å². The molecule has 0 aromatic rings. The summed E-state index contributed by atoms with van der Waals surface area (Å²) < 4.78 is 0. The highest BCUT2D eigenvalue weighted by molar-refractivity contribution is 7.57. The monoisotopic (exact) mass is 172 g/mol. The Morgan fingerprint density at radius 1 is 1.18 bits per heavy atom. The molecular formula is C10H21P. The van der Waals surface area contributed by atoms with Crippen molar-refractivity contribution in [2.45, 2.75) is 51.1 Å². The lowest BCUT2D eigenvalue weighted by Crippen LogP contribution is -2.11. The Kier molecular flexibility index (Phi) is 4.45. The van der Waals surface area contributed by atoms with E-state index in [1.165, 1.54) is 31.8 Å². The summed E-state index contributed by atoms with van der Waals surface area (Å²) in [5, 5.41) is 0. The molecular weight excluding hydrogens is 151 g/mol. The van der Waals surface area contributed by atoms with Gasteiger partial charge in [0.1, 0.15) is 0 Å². The van der Waals surface area contributed by atoms with Gasteiger partial charge in [-0.05, 0) is 31.3 Å². The molecule has 1 aliphatic rings. The van der Waals surface area contributed by atoms with E-state index in [4.69, 9.17) is 0 Å². The summed E-state index contributed by atoms with van der Waals surface area (Å²) in [6, 6.07) is 0. The van der Waals surface area contributed by atoms with Gasteiger partial charge in [-0.1, -0.05) is 32.6 Å². The molecule has 66 valence electrons. The van der Waals surface area contributed by atoms with Crippen molar-refractivity contribution in [2.24, 2.45) is 0 Å². The molecule has 0 aliphatic heterocycles. The molecule has 0 amide bonds. The van der Waals surface area contributed by atoms with Gasteiger partial charge in [-0.2, -0.15) is 0 Å². The van der Waals surface area contributed by atoms with Gasteiger partial charge in [0, 0.05) is 0 Å². The molecule has 0 aromatic heterocycles. The highest BCUT2D eigenvalue weighted by atomic mass is 31.1. The largest absolute Gasteiger partial charge is 0.107 e. The third-order valence-electron chi connectivity index (χ3n) is 2.77. The predicted molar refractivity (Wildman–Crippen MR) is 54.9 cm³/mol. The summed E-state index contributed by atoms with van der Waals surface area (Å²) in [4.78, 5) is 0. The Labute approximate surface area is 72.5 Å². The van der Waals surface area contributed by atoms with E-state index in [9.17, 15) is 0 Å². The van der Waals surface area contributed by atoms with Crippen LogP contribution in [0.3, 0.4) is 0 Å². The third kappa shape index (κ3) is 3.11. The van der Waals surface area contributed by atoms with Gasteiger partial charge < -0.3 is 0 Å². The van der Waals surface area contributed by atoms with E-state index in [2.05, 4.69) is 13.6 Å². The molecule has 0 radical (unpaired) electrons. The summed E-state index contributed by atoms with van der Waals surface area (Å²) in [6.45, 7) is 4.83. The molecule has 1 saturated carbocycles. The molecule has 0 N–H and O–H groups in total. The molecule has 11 heavy (non-hydrogen) atoms. The molecule has 1 atom stereocenters.